The molecule has 1 aliphatic rings. The molecule has 0 amide bonds. The predicted octanol–water partition coefficient (Wildman–Crippen LogP) is 4.37. The van der Waals surface area contributed by atoms with Crippen LogP contribution in [-0.2, 0) is 6.54 Å². The molecule has 136 valence electrons. The first kappa shape index (κ1) is 16.4. The first-order chi connectivity index (χ1) is 13.6. The zero-order chi connectivity index (χ0) is 19.3. The van der Waals surface area contributed by atoms with Crippen molar-refractivity contribution >= 4 is 22.2 Å². The number of aliphatic hydroxyl groups excluding tert-OH is 1. The second kappa shape index (κ2) is 6.16. The van der Waals surface area contributed by atoms with E-state index >= 15 is 0 Å². The molecule has 1 N–H and O–H groups in total. The molecule has 0 unspecified atom stereocenters. The molecular weight excluding hydrogens is 355 g/mol. The number of fused-ring (bicyclic) bond motifs is 4. The molecule has 0 aliphatic carbocycles. The zero-order valence-electron chi connectivity index (χ0n) is 14.8. The van der Waals surface area contributed by atoms with Gasteiger partial charge in [0.05, 0.1) is 28.6 Å². The van der Waals surface area contributed by atoms with Crippen LogP contribution in [0.3, 0.4) is 0 Å². The highest BCUT2D eigenvalue weighted by atomic mass is 19.1. The maximum atomic E-state index is 14.4. The van der Waals surface area contributed by atoms with Gasteiger partial charge in [0, 0.05) is 0 Å². The van der Waals surface area contributed by atoms with E-state index in [1.54, 1.807) is 24.3 Å². The molecule has 0 spiro atoms. The second-order valence-electron chi connectivity index (χ2n) is 6.70. The number of para-hydroxylation sites is 1. The van der Waals surface area contributed by atoms with Crippen molar-refractivity contribution in [3.05, 3.63) is 111 Å². The van der Waals surface area contributed by atoms with E-state index in [9.17, 15) is 14.3 Å². The maximum Gasteiger partial charge on any atom is 0.281 e. The van der Waals surface area contributed by atoms with E-state index in [2.05, 4.69) is 4.98 Å². The number of rotatable bonds is 1. The van der Waals surface area contributed by atoms with Crippen LogP contribution in [0.4, 0.5) is 4.39 Å². The number of halogens is 1. The molecule has 4 aromatic rings. The van der Waals surface area contributed by atoms with E-state index in [-0.39, 0.29) is 16.9 Å². The van der Waals surface area contributed by atoms with Crippen molar-refractivity contribution in [1.82, 2.24) is 9.55 Å². The molecule has 1 aliphatic heterocycles. The second-order valence-corrected chi connectivity index (χ2v) is 6.70. The molecule has 5 rings (SSSR count). The van der Waals surface area contributed by atoms with Crippen LogP contribution >= 0.6 is 0 Å². The highest BCUT2D eigenvalue weighted by Gasteiger charge is 2.27. The van der Waals surface area contributed by atoms with Gasteiger partial charge in [0.25, 0.3) is 5.56 Å². The van der Waals surface area contributed by atoms with Gasteiger partial charge >= 0.3 is 0 Å². The molecule has 5 heteroatoms. The van der Waals surface area contributed by atoms with E-state index in [1.165, 1.54) is 12.1 Å². The summed E-state index contributed by atoms with van der Waals surface area (Å²) in [6.07, 6.45) is 0. The SMILES string of the molecule is O=c1nc2n(c3ccccc13)Cc1ccccc1/C2=C(/O)c1ccccc1F. The van der Waals surface area contributed by atoms with Crippen LogP contribution in [0.1, 0.15) is 22.5 Å². The van der Waals surface area contributed by atoms with Crippen molar-refractivity contribution in [3.63, 3.8) is 0 Å². The molecule has 1 aromatic heterocycles. The van der Waals surface area contributed by atoms with Crippen molar-refractivity contribution in [2.45, 2.75) is 6.54 Å². The number of benzene rings is 3. The van der Waals surface area contributed by atoms with Crippen molar-refractivity contribution in [3.8, 4) is 0 Å². The number of nitrogens with zero attached hydrogens (tertiary/aromatic N) is 2. The Balaban J connectivity index is 1.93. The van der Waals surface area contributed by atoms with Crippen LogP contribution in [0.25, 0.3) is 22.2 Å². The van der Waals surface area contributed by atoms with Gasteiger partial charge in [-0.05, 0) is 35.4 Å². The summed E-state index contributed by atoms with van der Waals surface area (Å²) in [5, 5.41) is 11.6. The Morgan fingerprint density at radius 2 is 1.68 bits per heavy atom. The minimum atomic E-state index is -0.537. The van der Waals surface area contributed by atoms with E-state index < -0.39 is 5.82 Å². The van der Waals surface area contributed by atoms with Gasteiger partial charge in [-0.2, -0.15) is 4.98 Å². The lowest BCUT2D eigenvalue weighted by Gasteiger charge is -2.26. The van der Waals surface area contributed by atoms with E-state index in [0.29, 0.717) is 23.3 Å². The van der Waals surface area contributed by atoms with Gasteiger partial charge in [-0.1, -0.05) is 48.5 Å². The van der Waals surface area contributed by atoms with Crippen molar-refractivity contribution in [2.24, 2.45) is 0 Å². The number of hydrogen-bond donors (Lipinski definition) is 1. The van der Waals surface area contributed by atoms with Crippen LogP contribution in [-0.4, -0.2) is 14.7 Å². The van der Waals surface area contributed by atoms with Gasteiger partial charge in [0.15, 0.2) is 0 Å². The summed E-state index contributed by atoms with van der Waals surface area (Å²) in [6.45, 7) is 0.507. The summed E-state index contributed by atoms with van der Waals surface area (Å²) < 4.78 is 16.3. The lowest BCUT2D eigenvalue weighted by atomic mass is 9.92. The molecule has 2 heterocycles. The van der Waals surface area contributed by atoms with Crippen LogP contribution < -0.4 is 5.56 Å². The molecule has 0 atom stereocenters. The first-order valence-electron chi connectivity index (χ1n) is 8.91. The standard InChI is InChI=1S/C23H15FN2O2/c24-18-11-5-3-9-16(18)21(27)20-15-8-2-1-7-14(15)13-26-19-12-6-4-10-17(19)23(28)25-22(20)26/h1-12,27H,13H2/b21-20-. The number of aromatic nitrogens is 2. The lowest BCUT2D eigenvalue weighted by Crippen LogP contribution is -2.24. The molecule has 0 bridgehead atoms. The van der Waals surface area contributed by atoms with E-state index in [0.717, 1.165) is 16.6 Å². The largest absolute Gasteiger partial charge is 0.506 e. The van der Waals surface area contributed by atoms with Crippen LogP contribution in [0.15, 0.2) is 77.6 Å². The fraction of sp³-hybridized carbons (Fsp3) is 0.0435. The van der Waals surface area contributed by atoms with Gasteiger partial charge < -0.3 is 9.67 Å². The Morgan fingerprint density at radius 3 is 2.54 bits per heavy atom. The Labute approximate surface area is 159 Å². The minimum absolute atomic E-state index is 0.0724. The molecule has 4 nitrogen and oxygen atoms in total. The van der Waals surface area contributed by atoms with E-state index in [1.807, 2.05) is 41.0 Å². The summed E-state index contributed by atoms with van der Waals surface area (Å²) in [6, 6.07) is 20.8. The van der Waals surface area contributed by atoms with E-state index in [4.69, 9.17) is 0 Å². The molecule has 0 radical (unpaired) electrons. The third-order valence-electron chi connectivity index (χ3n) is 5.09. The van der Waals surface area contributed by atoms with Crippen molar-refractivity contribution in [1.29, 1.82) is 0 Å². The Morgan fingerprint density at radius 1 is 0.964 bits per heavy atom. The number of aliphatic hydroxyl groups is 1. The fourth-order valence-corrected chi connectivity index (χ4v) is 3.79. The smallest absolute Gasteiger partial charge is 0.281 e. The third-order valence-corrected chi connectivity index (χ3v) is 5.09. The fourth-order valence-electron chi connectivity index (χ4n) is 3.79. The number of hydrogen-bond acceptors (Lipinski definition) is 3. The molecule has 0 saturated carbocycles. The van der Waals surface area contributed by atoms with Gasteiger partial charge in [-0.25, -0.2) is 4.39 Å². The predicted molar refractivity (Wildman–Crippen MR) is 106 cm³/mol. The van der Waals surface area contributed by atoms with Gasteiger partial charge in [0.1, 0.15) is 17.4 Å². The summed E-state index contributed by atoms with van der Waals surface area (Å²) in [7, 11) is 0. The zero-order valence-corrected chi connectivity index (χ0v) is 14.8. The summed E-state index contributed by atoms with van der Waals surface area (Å²) >= 11 is 0. The minimum Gasteiger partial charge on any atom is -0.506 e. The Bertz CT molecular complexity index is 1340. The third kappa shape index (κ3) is 2.36. The first-order valence-corrected chi connectivity index (χ1v) is 8.91. The van der Waals surface area contributed by atoms with Crippen LogP contribution in [0.5, 0.6) is 0 Å². The maximum absolute atomic E-state index is 14.4. The topological polar surface area (TPSA) is 55.1 Å². The van der Waals surface area contributed by atoms with Gasteiger partial charge in [-0.15, -0.1) is 0 Å². The monoisotopic (exact) mass is 370 g/mol. The van der Waals surface area contributed by atoms with Crippen molar-refractivity contribution < 1.29 is 9.50 Å². The van der Waals surface area contributed by atoms with Gasteiger partial charge in [0.2, 0.25) is 0 Å². The highest BCUT2D eigenvalue weighted by molar-refractivity contribution is 5.97. The summed E-state index contributed by atoms with van der Waals surface area (Å²) in [5.74, 6) is -0.436. The molecular formula is C23H15FN2O2. The average molecular weight is 370 g/mol. The molecule has 0 saturated heterocycles. The van der Waals surface area contributed by atoms with Crippen LogP contribution in [0.2, 0.25) is 0 Å². The summed E-state index contributed by atoms with van der Waals surface area (Å²) in [5.41, 5.74) is 2.48. The van der Waals surface area contributed by atoms with Crippen molar-refractivity contribution in [2.75, 3.05) is 0 Å². The van der Waals surface area contributed by atoms with Gasteiger partial charge in [-0.3, -0.25) is 4.79 Å². The normalized spacial score (nSPS) is 14.5. The van der Waals surface area contributed by atoms with Crippen LogP contribution in [0, 0.1) is 5.82 Å². The lowest BCUT2D eigenvalue weighted by molar-refractivity contribution is 0.503. The molecule has 0 fully saturated rings. The average Bonchev–Trinajstić information content (AvgIpc) is 2.73. The highest BCUT2D eigenvalue weighted by Crippen LogP contribution is 2.37. The quantitative estimate of drug-likeness (QED) is 0.446. The summed E-state index contributed by atoms with van der Waals surface area (Å²) in [4.78, 5) is 16.9. The molecule has 28 heavy (non-hydrogen) atoms. The Kier molecular flexibility index (Phi) is 3.62. The Hall–Kier alpha value is -3.73. The molecule has 3 aromatic carbocycles.